The van der Waals surface area contributed by atoms with Gasteiger partial charge >= 0.3 is 0 Å². The monoisotopic (exact) mass is 398 g/mol. The highest BCUT2D eigenvalue weighted by atomic mass is 35.5. The van der Waals surface area contributed by atoms with Gasteiger partial charge in [0.25, 0.3) is 0 Å². The van der Waals surface area contributed by atoms with E-state index in [0.717, 1.165) is 16.7 Å². The molecule has 28 heavy (non-hydrogen) atoms. The summed E-state index contributed by atoms with van der Waals surface area (Å²) >= 11 is 6.50. The van der Waals surface area contributed by atoms with Crippen molar-refractivity contribution in [1.29, 1.82) is 0 Å². The first kappa shape index (κ1) is 20.2. The van der Waals surface area contributed by atoms with Crippen LogP contribution in [0.4, 0.5) is 4.39 Å². The Morgan fingerprint density at radius 3 is 2.43 bits per heavy atom. The van der Waals surface area contributed by atoms with Crippen LogP contribution in [0.3, 0.4) is 0 Å². The van der Waals surface area contributed by atoms with E-state index in [1.165, 1.54) is 0 Å². The molecule has 0 aromatic heterocycles. The molecule has 1 N–H and O–H groups in total. The van der Waals surface area contributed by atoms with Crippen LogP contribution in [0.15, 0.2) is 54.6 Å². The van der Waals surface area contributed by atoms with Gasteiger partial charge in [0.05, 0.1) is 0 Å². The van der Waals surface area contributed by atoms with Crippen molar-refractivity contribution >= 4 is 11.6 Å². The Morgan fingerprint density at radius 1 is 1.07 bits per heavy atom. The summed E-state index contributed by atoms with van der Waals surface area (Å²) in [6.45, 7) is 6.12. The molecule has 0 aliphatic rings. The van der Waals surface area contributed by atoms with Crippen LogP contribution in [-0.4, -0.2) is 5.11 Å². The van der Waals surface area contributed by atoms with Crippen LogP contribution in [0.5, 0.6) is 11.5 Å². The molecule has 0 heterocycles. The van der Waals surface area contributed by atoms with Crippen LogP contribution >= 0.6 is 11.6 Å². The lowest BCUT2D eigenvalue weighted by Gasteiger charge is -2.16. The van der Waals surface area contributed by atoms with E-state index in [1.807, 2.05) is 57.2 Å². The van der Waals surface area contributed by atoms with Crippen LogP contribution in [0.2, 0.25) is 5.02 Å². The van der Waals surface area contributed by atoms with Gasteiger partial charge in [-0.1, -0.05) is 61.8 Å². The molecule has 4 heteroatoms. The molecule has 0 atom stereocenters. The van der Waals surface area contributed by atoms with E-state index in [0.29, 0.717) is 34.9 Å². The van der Waals surface area contributed by atoms with Gasteiger partial charge in [-0.05, 0) is 53.3 Å². The van der Waals surface area contributed by atoms with Gasteiger partial charge in [-0.25, -0.2) is 4.39 Å². The average molecular weight is 399 g/mol. The van der Waals surface area contributed by atoms with Crippen molar-refractivity contribution < 1.29 is 14.2 Å². The van der Waals surface area contributed by atoms with E-state index >= 15 is 0 Å². The molecule has 0 saturated carbocycles. The summed E-state index contributed by atoms with van der Waals surface area (Å²) in [6, 6.07) is 16.8. The van der Waals surface area contributed by atoms with Crippen molar-refractivity contribution in [3.63, 3.8) is 0 Å². The minimum atomic E-state index is -0.366. The molecule has 0 radical (unpaired) electrons. The molecule has 0 fully saturated rings. The Kier molecular flexibility index (Phi) is 6.25. The van der Waals surface area contributed by atoms with E-state index in [1.54, 1.807) is 18.2 Å². The predicted octanol–water partition coefficient (Wildman–Crippen LogP) is 6.79. The van der Waals surface area contributed by atoms with Crippen molar-refractivity contribution in [3.05, 3.63) is 93.3 Å². The predicted molar refractivity (Wildman–Crippen MR) is 112 cm³/mol. The van der Waals surface area contributed by atoms with E-state index in [4.69, 9.17) is 16.3 Å². The van der Waals surface area contributed by atoms with Crippen molar-refractivity contribution in [2.24, 2.45) is 0 Å². The molecular weight excluding hydrogens is 375 g/mol. The van der Waals surface area contributed by atoms with E-state index < -0.39 is 0 Å². The lowest BCUT2D eigenvalue weighted by Crippen LogP contribution is -2.03. The first-order valence-corrected chi connectivity index (χ1v) is 9.70. The maximum Gasteiger partial charge on any atom is 0.133 e. The van der Waals surface area contributed by atoms with Crippen molar-refractivity contribution in [3.8, 4) is 11.5 Å². The normalized spacial score (nSPS) is 11.1. The van der Waals surface area contributed by atoms with Gasteiger partial charge in [0.2, 0.25) is 0 Å². The van der Waals surface area contributed by atoms with Crippen LogP contribution < -0.4 is 4.74 Å². The molecule has 0 saturated heterocycles. The van der Waals surface area contributed by atoms with Crippen LogP contribution in [0.1, 0.15) is 47.6 Å². The van der Waals surface area contributed by atoms with E-state index in [-0.39, 0.29) is 17.5 Å². The highest BCUT2D eigenvalue weighted by Gasteiger charge is 2.18. The summed E-state index contributed by atoms with van der Waals surface area (Å²) < 4.78 is 20.8. The first-order chi connectivity index (χ1) is 13.4. The third-order valence-electron chi connectivity index (χ3n) is 4.82. The van der Waals surface area contributed by atoms with Crippen molar-refractivity contribution in [1.82, 2.24) is 0 Å². The second-order valence-electron chi connectivity index (χ2n) is 7.28. The fourth-order valence-electron chi connectivity index (χ4n) is 3.29. The fraction of sp³-hybridized carbons (Fsp3) is 0.250. The van der Waals surface area contributed by atoms with Gasteiger partial charge in [0, 0.05) is 17.0 Å². The van der Waals surface area contributed by atoms with E-state index in [2.05, 4.69) is 0 Å². The maximum atomic E-state index is 14.9. The Hall–Kier alpha value is -2.52. The second-order valence-corrected chi connectivity index (χ2v) is 7.68. The quantitative estimate of drug-likeness (QED) is 0.495. The van der Waals surface area contributed by atoms with Crippen LogP contribution in [0.25, 0.3) is 0 Å². The van der Waals surface area contributed by atoms with Crippen LogP contribution in [0, 0.1) is 12.7 Å². The van der Waals surface area contributed by atoms with Gasteiger partial charge in [0.1, 0.15) is 23.9 Å². The number of ether oxygens (including phenoxy) is 1. The first-order valence-electron chi connectivity index (χ1n) is 9.32. The minimum absolute atomic E-state index is 0.0104. The zero-order chi connectivity index (χ0) is 20.3. The molecule has 0 aliphatic carbocycles. The molecule has 0 unspecified atom stereocenters. The standard InChI is InChI=1S/C24H24ClFO2/c1-15(2)23-22(27)10-9-18(24(23)26)12-20-16(3)11-19(13-21(20)25)28-14-17-7-5-4-6-8-17/h4-11,13,15,27H,12,14H2,1-3H3. The summed E-state index contributed by atoms with van der Waals surface area (Å²) in [4.78, 5) is 0. The number of aryl methyl sites for hydroxylation is 1. The number of benzene rings is 3. The number of hydrogen-bond donors (Lipinski definition) is 1. The van der Waals surface area contributed by atoms with Gasteiger partial charge in [-0.2, -0.15) is 0 Å². The third-order valence-corrected chi connectivity index (χ3v) is 5.16. The topological polar surface area (TPSA) is 29.5 Å². The van der Waals surface area contributed by atoms with Gasteiger partial charge in [-0.15, -0.1) is 0 Å². The SMILES string of the molecule is Cc1cc(OCc2ccccc2)cc(Cl)c1Cc1ccc(O)c(C(C)C)c1F. The van der Waals surface area contributed by atoms with Gasteiger partial charge < -0.3 is 9.84 Å². The van der Waals surface area contributed by atoms with Crippen molar-refractivity contribution in [2.75, 3.05) is 0 Å². The molecule has 2 nitrogen and oxygen atoms in total. The molecule has 146 valence electrons. The lowest BCUT2D eigenvalue weighted by molar-refractivity contribution is 0.306. The minimum Gasteiger partial charge on any atom is -0.508 e. The lowest BCUT2D eigenvalue weighted by atomic mass is 9.94. The Balaban J connectivity index is 1.83. The maximum absolute atomic E-state index is 14.9. The molecule has 3 rings (SSSR count). The fourth-order valence-corrected chi connectivity index (χ4v) is 3.62. The Morgan fingerprint density at radius 2 is 1.79 bits per heavy atom. The zero-order valence-corrected chi connectivity index (χ0v) is 17.1. The number of aromatic hydroxyl groups is 1. The highest BCUT2D eigenvalue weighted by molar-refractivity contribution is 6.31. The Bertz CT molecular complexity index is 945. The highest BCUT2D eigenvalue weighted by Crippen LogP contribution is 2.34. The molecule has 0 amide bonds. The number of rotatable bonds is 6. The average Bonchev–Trinajstić information content (AvgIpc) is 2.65. The molecule has 0 aliphatic heterocycles. The summed E-state index contributed by atoms with van der Waals surface area (Å²) in [5, 5.41) is 10.5. The zero-order valence-electron chi connectivity index (χ0n) is 16.3. The summed E-state index contributed by atoms with van der Waals surface area (Å²) in [5.41, 5.74) is 3.73. The summed E-state index contributed by atoms with van der Waals surface area (Å²) in [5.74, 6) is 0.202. The molecule has 3 aromatic carbocycles. The van der Waals surface area contributed by atoms with Crippen molar-refractivity contribution in [2.45, 2.75) is 39.7 Å². The summed E-state index contributed by atoms with van der Waals surface area (Å²) in [7, 11) is 0. The number of halogens is 2. The second kappa shape index (κ2) is 8.66. The number of phenolic OH excluding ortho intramolecular Hbond substituents is 1. The van der Waals surface area contributed by atoms with E-state index in [9.17, 15) is 9.50 Å². The largest absolute Gasteiger partial charge is 0.508 e. The smallest absolute Gasteiger partial charge is 0.133 e. The molecule has 3 aromatic rings. The molecule has 0 bridgehead atoms. The number of phenols is 1. The van der Waals surface area contributed by atoms with Crippen LogP contribution in [-0.2, 0) is 13.0 Å². The summed E-state index contributed by atoms with van der Waals surface area (Å²) in [6.07, 6.45) is 0.357. The third kappa shape index (κ3) is 4.48. The number of hydrogen-bond acceptors (Lipinski definition) is 2. The molecule has 0 spiro atoms. The molecular formula is C24H24ClFO2. The van der Waals surface area contributed by atoms with Gasteiger partial charge in [-0.3, -0.25) is 0 Å². The van der Waals surface area contributed by atoms with Gasteiger partial charge in [0.15, 0.2) is 0 Å². The Labute approximate surface area is 170 Å².